The highest BCUT2D eigenvalue weighted by Gasteiger charge is 2.14. The molecule has 3 nitrogen and oxygen atoms in total. The van der Waals surface area contributed by atoms with E-state index in [1.807, 2.05) is 6.07 Å². The van der Waals surface area contributed by atoms with Crippen molar-refractivity contribution in [2.24, 2.45) is 0 Å². The lowest BCUT2D eigenvalue weighted by molar-refractivity contribution is 0.156. The molecular weight excluding hydrogens is 224 g/mol. The van der Waals surface area contributed by atoms with Crippen LogP contribution in [-0.4, -0.2) is 25.0 Å². The minimum absolute atomic E-state index is 0.100. The summed E-state index contributed by atoms with van der Waals surface area (Å²) < 4.78 is 24.2. The van der Waals surface area contributed by atoms with Gasteiger partial charge in [0.15, 0.2) is 0 Å². The van der Waals surface area contributed by atoms with Gasteiger partial charge >= 0.3 is 0 Å². The summed E-state index contributed by atoms with van der Waals surface area (Å²) in [7, 11) is 1.45. The van der Waals surface area contributed by atoms with Gasteiger partial charge in [-0.25, -0.2) is 13.8 Å². The van der Waals surface area contributed by atoms with Gasteiger partial charge in [-0.1, -0.05) is 11.6 Å². The first-order chi connectivity index (χ1) is 7.06. The monoisotopic (exact) mass is 231 g/mol. The second-order valence-corrected chi connectivity index (χ2v) is 3.26. The van der Waals surface area contributed by atoms with Gasteiger partial charge in [0.05, 0.1) is 12.1 Å². The van der Waals surface area contributed by atoms with Gasteiger partial charge in [-0.2, -0.15) is 5.26 Å². The van der Waals surface area contributed by atoms with Gasteiger partial charge < -0.3 is 4.90 Å². The molecule has 0 bridgehead atoms. The zero-order valence-corrected chi connectivity index (χ0v) is 8.67. The summed E-state index contributed by atoms with van der Waals surface area (Å²) in [6.07, 6.45) is -1.11. The molecule has 80 valence electrons. The summed E-state index contributed by atoms with van der Waals surface area (Å²) in [5, 5.41) is 8.78. The van der Waals surface area contributed by atoms with Crippen LogP contribution in [0.5, 0.6) is 0 Å². The molecule has 0 fully saturated rings. The van der Waals surface area contributed by atoms with Crippen molar-refractivity contribution in [3.63, 3.8) is 0 Å². The lowest BCUT2D eigenvalue weighted by Gasteiger charge is -2.18. The van der Waals surface area contributed by atoms with E-state index in [2.05, 4.69) is 4.98 Å². The van der Waals surface area contributed by atoms with E-state index in [-0.39, 0.29) is 16.4 Å². The van der Waals surface area contributed by atoms with Crippen LogP contribution in [0.3, 0.4) is 0 Å². The fourth-order valence-corrected chi connectivity index (χ4v) is 1.38. The summed E-state index contributed by atoms with van der Waals surface area (Å²) in [6.45, 7) is -0.471. The Labute approximate surface area is 90.9 Å². The van der Waals surface area contributed by atoms with Crippen molar-refractivity contribution in [1.29, 1.82) is 5.26 Å². The predicted octanol–water partition coefficient (Wildman–Crippen LogP) is 2.31. The van der Waals surface area contributed by atoms with Gasteiger partial charge in [0.2, 0.25) is 0 Å². The molecule has 0 N–H and O–H groups in total. The van der Waals surface area contributed by atoms with Crippen molar-refractivity contribution < 1.29 is 8.78 Å². The van der Waals surface area contributed by atoms with Crippen molar-refractivity contribution in [3.8, 4) is 6.07 Å². The molecule has 15 heavy (non-hydrogen) atoms. The normalized spacial score (nSPS) is 10.1. The van der Waals surface area contributed by atoms with Crippen molar-refractivity contribution in [2.45, 2.75) is 6.43 Å². The van der Waals surface area contributed by atoms with Crippen LogP contribution < -0.4 is 4.90 Å². The van der Waals surface area contributed by atoms with Gasteiger partial charge in [0.1, 0.15) is 16.9 Å². The predicted molar refractivity (Wildman–Crippen MR) is 53.2 cm³/mol. The Balaban J connectivity index is 3.00. The number of pyridine rings is 1. The third-order valence-electron chi connectivity index (χ3n) is 1.76. The summed E-state index contributed by atoms with van der Waals surface area (Å²) in [4.78, 5) is 5.07. The van der Waals surface area contributed by atoms with E-state index in [0.717, 1.165) is 0 Å². The van der Waals surface area contributed by atoms with Gasteiger partial charge in [0.25, 0.3) is 6.43 Å². The quantitative estimate of drug-likeness (QED) is 0.802. The van der Waals surface area contributed by atoms with Crippen LogP contribution >= 0.6 is 11.6 Å². The van der Waals surface area contributed by atoms with E-state index in [1.165, 1.54) is 24.2 Å². The highest BCUT2D eigenvalue weighted by atomic mass is 35.5. The molecule has 0 aliphatic heterocycles. The van der Waals surface area contributed by atoms with Gasteiger partial charge in [0, 0.05) is 13.2 Å². The third kappa shape index (κ3) is 2.77. The Kier molecular flexibility index (Phi) is 3.81. The van der Waals surface area contributed by atoms with E-state index in [4.69, 9.17) is 16.9 Å². The second kappa shape index (κ2) is 4.89. The number of halogens is 3. The molecule has 0 unspecified atom stereocenters. The number of nitriles is 1. The summed E-state index contributed by atoms with van der Waals surface area (Å²) in [5.41, 5.74) is 0.225. The number of anilines is 1. The molecule has 0 aromatic carbocycles. The van der Waals surface area contributed by atoms with Crippen molar-refractivity contribution in [1.82, 2.24) is 4.98 Å². The van der Waals surface area contributed by atoms with Crippen LogP contribution in [0.4, 0.5) is 14.6 Å². The van der Waals surface area contributed by atoms with Crippen LogP contribution in [-0.2, 0) is 0 Å². The molecule has 0 atom stereocenters. The smallest absolute Gasteiger partial charge is 0.255 e. The van der Waals surface area contributed by atoms with Crippen LogP contribution in [0, 0.1) is 11.3 Å². The van der Waals surface area contributed by atoms with E-state index in [9.17, 15) is 8.78 Å². The highest BCUT2D eigenvalue weighted by Crippen LogP contribution is 2.25. The second-order valence-electron chi connectivity index (χ2n) is 2.88. The molecule has 6 heteroatoms. The third-order valence-corrected chi connectivity index (χ3v) is 2.14. The fourth-order valence-electron chi connectivity index (χ4n) is 1.08. The molecule has 0 aliphatic carbocycles. The molecule has 1 aromatic rings. The van der Waals surface area contributed by atoms with Crippen LogP contribution in [0.1, 0.15) is 5.56 Å². The number of hydrogen-bond donors (Lipinski definition) is 0. The van der Waals surface area contributed by atoms with E-state index in [0.29, 0.717) is 0 Å². The number of nitrogens with zero attached hydrogens (tertiary/aromatic N) is 3. The van der Waals surface area contributed by atoms with Gasteiger partial charge in [-0.3, -0.25) is 0 Å². The molecule has 0 saturated carbocycles. The maximum absolute atomic E-state index is 12.1. The Morgan fingerprint density at radius 1 is 1.67 bits per heavy atom. The van der Waals surface area contributed by atoms with Crippen LogP contribution in [0.2, 0.25) is 5.02 Å². The lowest BCUT2D eigenvalue weighted by atomic mass is 10.3. The summed E-state index contributed by atoms with van der Waals surface area (Å²) in [6, 6.07) is 3.29. The molecule has 1 heterocycles. The zero-order chi connectivity index (χ0) is 11.4. The van der Waals surface area contributed by atoms with E-state index in [1.54, 1.807) is 0 Å². The maximum atomic E-state index is 12.1. The van der Waals surface area contributed by atoms with Crippen LogP contribution in [0.15, 0.2) is 12.3 Å². The first-order valence-electron chi connectivity index (χ1n) is 4.10. The van der Waals surface area contributed by atoms with Crippen molar-refractivity contribution in [2.75, 3.05) is 18.5 Å². The van der Waals surface area contributed by atoms with Crippen molar-refractivity contribution in [3.05, 3.63) is 22.8 Å². The Bertz CT molecular complexity index is 389. The Morgan fingerprint density at radius 2 is 2.33 bits per heavy atom. The van der Waals surface area contributed by atoms with E-state index >= 15 is 0 Å². The average molecular weight is 232 g/mol. The molecule has 1 rings (SSSR count). The SMILES string of the molecule is CN(CC(F)F)c1nccc(C#N)c1Cl. The molecule has 0 radical (unpaired) electrons. The summed E-state index contributed by atoms with van der Waals surface area (Å²) >= 11 is 5.82. The minimum Gasteiger partial charge on any atom is -0.353 e. The number of hydrogen-bond acceptors (Lipinski definition) is 3. The molecule has 1 aromatic heterocycles. The summed E-state index contributed by atoms with van der Waals surface area (Å²) in [5.74, 6) is 0.191. The first kappa shape index (κ1) is 11.7. The minimum atomic E-state index is -2.47. The lowest BCUT2D eigenvalue weighted by Crippen LogP contribution is -2.25. The molecule has 0 spiro atoms. The molecular formula is C9H8ClF2N3. The Hall–Kier alpha value is -1.41. The fraction of sp³-hybridized carbons (Fsp3) is 0.333. The maximum Gasteiger partial charge on any atom is 0.255 e. The topological polar surface area (TPSA) is 39.9 Å². The molecule has 0 aliphatic rings. The first-order valence-corrected chi connectivity index (χ1v) is 4.48. The number of alkyl halides is 2. The van der Waals surface area contributed by atoms with E-state index < -0.39 is 13.0 Å². The van der Waals surface area contributed by atoms with Crippen molar-refractivity contribution >= 4 is 17.4 Å². The highest BCUT2D eigenvalue weighted by molar-refractivity contribution is 6.34. The van der Waals surface area contributed by atoms with Gasteiger partial charge in [-0.15, -0.1) is 0 Å². The number of aromatic nitrogens is 1. The standard InChI is InChI=1S/C9H8ClF2N3/c1-15(5-7(11)12)9-8(10)6(4-13)2-3-14-9/h2-3,7H,5H2,1H3. The molecule has 0 amide bonds. The largest absolute Gasteiger partial charge is 0.353 e. The zero-order valence-electron chi connectivity index (χ0n) is 7.91. The van der Waals surface area contributed by atoms with Gasteiger partial charge in [-0.05, 0) is 6.07 Å². The number of rotatable bonds is 3. The Morgan fingerprint density at radius 3 is 2.87 bits per heavy atom. The van der Waals surface area contributed by atoms with Crippen LogP contribution in [0.25, 0.3) is 0 Å². The molecule has 0 saturated heterocycles. The average Bonchev–Trinajstić information content (AvgIpc) is 2.17.